The molecule has 0 radical (unpaired) electrons. The zero-order valence-corrected chi connectivity index (χ0v) is 13.8. The van der Waals surface area contributed by atoms with Gasteiger partial charge in [0.1, 0.15) is 0 Å². The van der Waals surface area contributed by atoms with Crippen LogP contribution in [0.25, 0.3) is 0 Å². The molecule has 0 unspecified atom stereocenters. The maximum atomic E-state index is 14.6. The number of unbranched alkanes of at least 4 members (excludes halogenated alkanes) is 2. The maximum absolute atomic E-state index is 14.6. The van der Waals surface area contributed by atoms with E-state index in [0.29, 0.717) is 30.8 Å². The van der Waals surface area contributed by atoms with E-state index < -0.39 is 5.82 Å². The third-order valence-electron chi connectivity index (χ3n) is 3.40. The van der Waals surface area contributed by atoms with Crippen LogP contribution in [0.5, 0.6) is 17.2 Å². The molecule has 0 heterocycles. The van der Waals surface area contributed by atoms with Gasteiger partial charge < -0.3 is 14.2 Å². The van der Waals surface area contributed by atoms with Crippen molar-refractivity contribution in [3.05, 3.63) is 16.9 Å². The number of ether oxygens (including phenoxy) is 3. The van der Waals surface area contributed by atoms with Gasteiger partial charge in [-0.25, -0.2) is 4.39 Å². The second-order valence-electron chi connectivity index (χ2n) is 5.07. The summed E-state index contributed by atoms with van der Waals surface area (Å²) in [5, 5.41) is 0. The Morgan fingerprint density at radius 1 is 1.00 bits per heavy atom. The number of benzene rings is 1. The van der Waals surface area contributed by atoms with Crippen LogP contribution in [0.1, 0.15) is 55.5 Å². The largest absolute Gasteiger partial charge is 0.492 e. The Kier molecular flexibility index (Phi) is 7.71. The van der Waals surface area contributed by atoms with Gasteiger partial charge in [0.15, 0.2) is 17.9 Å². The van der Waals surface area contributed by atoms with E-state index in [9.17, 15) is 9.18 Å². The van der Waals surface area contributed by atoms with Gasteiger partial charge in [-0.3, -0.25) is 4.79 Å². The standard InChI is InChI=1S/C17H25FO4/c1-5-7-9-21-16-14(18)13(11-19)12(3)15(20-4)17(16)22-10-8-6-2/h11H,5-10H2,1-4H3. The molecule has 0 saturated carbocycles. The second-order valence-corrected chi connectivity index (χ2v) is 5.07. The van der Waals surface area contributed by atoms with Gasteiger partial charge in [-0.05, 0) is 19.8 Å². The van der Waals surface area contributed by atoms with E-state index >= 15 is 0 Å². The number of hydrogen-bond acceptors (Lipinski definition) is 4. The molecule has 0 amide bonds. The van der Waals surface area contributed by atoms with Crippen molar-refractivity contribution < 1.29 is 23.4 Å². The summed E-state index contributed by atoms with van der Waals surface area (Å²) in [7, 11) is 1.47. The molecule has 0 N–H and O–H groups in total. The summed E-state index contributed by atoms with van der Waals surface area (Å²) >= 11 is 0. The maximum Gasteiger partial charge on any atom is 0.207 e. The summed E-state index contributed by atoms with van der Waals surface area (Å²) in [5.74, 6) is -0.122. The molecule has 0 aliphatic heterocycles. The minimum atomic E-state index is -0.684. The third kappa shape index (κ3) is 4.12. The Morgan fingerprint density at radius 2 is 1.55 bits per heavy atom. The van der Waals surface area contributed by atoms with Crippen molar-refractivity contribution in [1.29, 1.82) is 0 Å². The zero-order valence-electron chi connectivity index (χ0n) is 13.8. The van der Waals surface area contributed by atoms with E-state index in [1.54, 1.807) is 6.92 Å². The van der Waals surface area contributed by atoms with Crippen LogP contribution in [-0.4, -0.2) is 26.6 Å². The van der Waals surface area contributed by atoms with Crippen molar-refractivity contribution in [1.82, 2.24) is 0 Å². The molecule has 0 spiro atoms. The Bertz CT molecular complexity index is 500. The predicted molar refractivity (Wildman–Crippen MR) is 83.9 cm³/mol. The second kappa shape index (κ2) is 9.28. The van der Waals surface area contributed by atoms with Crippen molar-refractivity contribution in [3.8, 4) is 17.2 Å². The topological polar surface area (TPSA) is 44.8 Å². The van der Waals surface area contributed by atoms with Crippen LogP contribution in [0.2, 0.25) is 0 Å². The first kappa shape index (κ1) is 18.3. The van der Waals surface area contributed by atoms with Crippen LogP contribution in [0.4, 0.5) is 4.39 Å². The number of methoxy groups -OCH3 is 1. The number of hydrogen-bond donors (Lipinski definition) is 0. The first-order valence-electron chi connectivity index (χ1n) is 7.73. The first-order valence-corrected chi connectivity index (χ1v) is 7.73. The minimum Gasteiger partial charge on any atom is -0.492 e. The van der Waals surface area contributed by atoms with Gasteiger partial charge in [-0.2, -0.15) is 0 Å². The quantitative estimate of drug-likeness (QED) is 0.477. The molecule has 0 bridgehead atoms. The number of aldehydes is 1. The van der Waals surface area contributed by atoms with E-state index in [4.69, 9.17) is 14.2 Å². The minimum absolute atomic E-state index is 0.0332. The molecule has 22 heavy (non-hydrogen) atoms. The van der Waals surface area contributed by atoms with Gasteiger partial charge >= 0.3 is 0 Å². The lowest BCUT2D eigenvalue weighted by Crippen LogP contribution is -2.09. The van der Waals surface area contributed by atoms with Gasteiger partial charge in [0, 0.05) is 5.56 Å². The highest BCUT2D eigenvalue weighted by Crippen LogP contribution is 2.44. The molecular weight excluding hydrogens is 287 g/mol. The summed E-state index contributed by atoms with van der Waals surface area (Å²) < 4.78 is 31.1. The number of carbonyl (C=O) groups is 1. The fraction of sp³-hybridized carbons (Fsp3) is 0.588. The predicted octanol–water partition coefficient (Wildman–Crippen LogP) is 4.31. The Labute approximate surface area is 131 Å². The number of rotatable bonds is 10. The molecule has 1 aromatic carbocycles. The molecule has 1 rings (SSSR count). The average Bonchev–Trinajstić information content (AvgIpc) is 2.51. The molecular formula is C17H25FO4. The van der Waals surface area contributed by atoms with E-state index in [1.807, 2.05) is 13.8 Å². The van der Waals surface area contributed by atoms with Crippen LogP contribution in [-0.2, 0) is 0 Å². The Hall–Kier alpha value is -1.78. The van der Waals surface area contributed by atoms with Crippen LogP contribution in [0.15, 0.2) is 0 Å². The van der Waals surface area contributed by atoms with Crippen molar-refractivity contribution in [2.45, 2.75) is 46.5 Å². The normalized spacial score (nSPS) is 10.4. The zero-order chi connectivity index (χ0) is 16.5. The van der Waals surface area contributed by atoms with E-state index in [1.165, 1.54) is 7.11 Å². The number of carbonyl (C=O) groups excluding carboxylic acids is 1. The van der Waals surface area contributed by atoms with Crippen LogP contribution >= 0.6 is 0 Å². The molecule has 1 aromatic rings. The lowest BCUT2D eigenvalue weighted by Gasteiger charge is -2.19. The third-order valence-corrected chi connectivity index (χ3v) is 3.40. The fourth-order valence-corrected chi connectivity index (χ4v) is 2.07. The summed E-state index contributed by atoms with van der Waals surface area (Å²) in [4.78, 5) is 11.2. The van der Waals surface area contributed by atoms with E-state index in [-0.39, 0.29) is 17.1 Å². The smallest absolute Gasteiger partial charge is 0.207 e. The molecule has 0 aliphatic carbocycles. The molecule has 0 fully saturated rings. The van der Waals surface area contributed by atoms with Gasteiger partial charge in [-0.15, -0.1) is 0 Å². The van der Waals surface area contributed by atoms with Gasteiger partial charge in [0.25, 0.3) is 0 Å². The SMILES string of the molecule is CCCCOc1c(F)c(C=O)c(C)c(OC)c1OCCCC. The monoisotopic (exact) mass is 312 g/mol. The Morgan fingerprint density at radius 3 is 2.00 bits per heavy atom. The highest BCUT2D eigenvalue weighted by molar-refractivity contribution is 5.82. The summed E-state index contributed by atoms with van der Waals surface area (Å²) in [6, 6.07) is 0. The van der Waals surface area contributed by atoms with Crippen molar-refractivity contribution >= 4 is 6.29 Å². The molecule has 0 saturated heterocycles. The average molecular weight is 312 g/mol. The van der Waals surface area contributed by atoms with Crippen molar-refractivity contribution in [3.63, 3.8) is 0 Å². The highest BCUT2D eigenvalue weighted by Gasteiger charge is 2.25. The highest BCUT2D eigenvalue weighted by atomic mass is 19.1. The molecule has 4 nitrogen and oxygen atoms in total. The summed E-state index contributed by atoms with van der Waals surface area (Å²) in [6.07, 6.45) is 4.00. The summed E-state index contributed by atoms with van der Waals surface area (Å²) in [6.45, 7) is 6.50. The van der Waals surface area contributed by atoms with E-state index in [0.717, 1.165) is 25.7 Å². The van der Waals surface area contributed by atoms with Crippen molar-refractivity contribution in [2.24, 2.45) is 0 Å². The van der Waals surface area contributed by atoms with Gasteiger partial charge in [-0.1, -0.05) is 26.7 Å². The van der Waals surface area contributed by atoms with E-state index in [2.05, 4.69) is 0 Å². The van der Waals surface area contributed by atoms with Gasteiger partial charge in [0.05, 0.1) is 25.9 Å². The number of halogens is 1. The molecule has 124 valence electrons. The van der Waals surface area contributed by atoms with Crippen molar-refractivity contribution in [2.75, 3.05) is 20.3 Å². The van der Waals surface area contributed by atoms with Gasteiger partial charge in [0.2, 0.25) is 11.5 Å². The van der Waals surface area contributed by atoms with Crippen LogP contribution in [0.3, 0.4) is 0 Å². The lowest BCUT2D eigenvalue weighted by atomic mass is 10.1. The molecule has 0 aromatic heterocycles. The molecule has 0 aliphatic rings. The first-order chi connectivity index (χ1) is 10.6. The summed E-state index contributed by atoms with van der Waals surface area (Å²) in [5.41, 5.74) is 0.371. The molecule has 0 atom stereocenters. The lowest BCUT2D eigenvalue weighted by molar-refractivity contribution is 0.111. The fourth-order valence-electron chi connectivity index (χ4n) is 2.07. The Balaban J connectivity index is 3.29. The van der Waals surface area contributed by atoms with Crippen LogP contribution in [0, 0.1) is 12.7 Å². The van der Waals surface area contributed by atoms with Crippen LogP contribution < -0.4 is 14.2 Å². The molecule has 5 heteroatoms.